The minimum absolute atomic E-state index is 0.144. The molecule has 0 saturated heterocycles. The van der Waals surface area contributed by atoms with Crippen LogP contribution >= 0.6 is 9.24 Å². The minimum Gasteiger partial charge on any atom is -0.438 e. The monoisotopic (exact) mass is 434 g/mol. The molecule has 2 aliphatic rings. The number of carbonyl (C=O) groups excluding carboxylic acids is 1. The third kappa shape index (κ3) is 3.00. The lowest BCUT2D eigenvalue weighted by molar-refractivity contribution is 0.0652. The Morgan fingerprint density at radius 2 is 2.16 bits per heavy atom. The number of imidazole rings is 1. The second kappa shape index (κ2) is 7.02. The molecule has 1 fully saturated rings. The van der Waals surface area contributed by atoms with E-state index in [0.29, 0.717) is 24.6 Å². The Kier molecular flexibility index (Phi) is 4.25. The summed E-state index contributed by atoms with van der Waals surface area (Å²) in [5, 5.41) is 4.93. The molecule has 1 saturated carbocycles. The van der Waals surface area contributed by atoms with Crippen molar-refractivity contribution in [2.24, 2.45) is 0 Å². The minimum atomic E-state index is -0.382. The standard InChI is InChI=1S/C22H23N6O2P/c1-12(31)17-4-2-3-14-9-16(26-28(14)17)20-19-15(23-10-24-19)7-8-27(20)22(29)21-18(13-5-6-13)25-11-30-21/h2-4,9-13,20H,5-8,31H2,1H3,(H,23,24)/t12?,20-/m1/s1. The Labute approximate surface area is 181 Å². The summed E-state index contributed by atoms with van der Waals surface area (Å²) in [5.41, 5.74) is 5.81. The number of hydrogen-bond acceptors (Lipinski definition) is 5. The van der Waals surface area contributed by atoms with Gasteiger partial charge in [0.15, 0.2) is 6.39 Å². The van der Waals surface area contributed by atoms with Crippen molar-refractivity contribution in [2.75, 3.05) is 6.54 Å². The van der Waals surface area contributed by atoms with Crippen molar-refractivity contribution in [2.45, 2.75) is 43.8 Å². The summed E-state index contributed by atoms with van der Waals surface area (Å²) < 4.78 is 7.54. The molecule has 3 atom stereocenters. The van der Waals surface area contributed by atoms with Crippen LogP contribution in [0.5, 0.6) is 0 Å². The molecule has 0 bridgehead atoms. The molecule has 1 amide bonds. The largest absolute Gasteiger partial charge is 0.438 e. The summed E-state index contributed by atoms with van der Waals surface area (Å²) in [4.78, 5) is 27.6. The van der Waals surface area contributed by atoms with Gasteiger partial charge in [-0.2, -0.15) is 5.10 Å². The number of aromatic amines is 1. The van der Waals surface area contributed by atoms with Crippen LogP contribution in [0, 0.1) is 0 Å². The number of nitrogens with zero attached hydrogens (tertiary/aromatic N) is 5. The third-order valence-electron chi connectivity index (χ3n) is 6.22. The molecular formula is C22H23N6O2P. The van der Waals surface area contributed by atoms with Gasteiger partial charge >= 0.3 is 0 Å². The fraction of sp³-hybridized carbons (Fsp3) is 0.364. The zero-order valence-corrected chi connectivity index (χ0v) is 18.3. The Balaban J connectivity index is 1.47. The third-order valence-corrected chi connectivity index (χ3v) is 6.56. The summed E-state index contributed by atoms with van der Waals surface area (Å²) in [7, 11) is 2.82. The van der Waals surface area contributed by atoms with Gasteiger partial charge in [0.2, 0.25) is 5.76 Å². The molecule has 158 valence electrons. The van der Waals surface area contributed by atoms with E-state index in [1.807, 2.05) is 27.6 Å². The lowest BCUT2D eigenvalue weighted by Crippen LogP contribution is -2.41. The highest BCUT2D eigenvalue weighted by atomic mass is 31.0. The van der Waals surface area contributed by atoms with Gasteiger partial charge in [-0.05, 0) is 31.0 Å². The Hall–Kier alpha value is -2.99. The van der Waals surface area contributed by atoms with Crippen molar-refractivity contribution >= 4 is 20.7 Å². The van der Waals surface area contributed by atoms with Crippen molar-refractivity contribution in [3.8, 4) is 0 Å². The van der Waals surface area contributed by atoms with Gasteiger partial charge in [-0.25, -0.2) is 14.5 Å². The number of amides is 1. The summed E-state index contributed by atoms with van der Waals surface area (Å²) in [6.45, 7) is 2.68. The van der Waals surface area contributed by atoms with E-state index in [1.165, 1.54) is 6.39 Å². The zero-order valence-electron chi connectivity index (χ0n) is 17.2. The highest BCUT2D eigenvalue weighted by Gasteiger charge is 2.40. The second-order valence-electron chi connectivity index (χ2n) is 8.40. The number of hydrogen-bond donors (Lipinski definition) is 1. The van der Waals surface area contributed by atoms with Crippen LogP contribution in [0.1, 0.15) is 76.4 Å². The van der Waals surface area contributed by atoms with Crippen LogP contribution in [0.4, 0.5) is 0 Å². The smallest absolute Gasteiger partial charge is 0.292 e. The van der Waals surface area contributed by atoms with E-state index in [9.17, 15) is 4.79 Å². The van der Waals surface area contributed by atoms with Crippen molar-refractivity contribution in [1.29, 1.82) is 0 Å². The first-order chi connectivity index (χ1) is 15.1. The number of fused-ring (bicyclic) bond motifs is 2. The predicted molar refractivity (Wildman–Crippen MR) is 117 cm³/mol. The number of carbonyl (C=O) groups is 1. The molecule has 2 unspecified atom stereocenters. The number of pyridine rings is 1. The zero-order chi connectivity index (χ0) is 21.1. The van der Waals surface area contributed by atoms with E-state index in [4.69, 9.17) is 9.52 Å². The van der Waals surface area contributed by atoms with Gasteiger partial charge in [-0.15, -0.1) is 9.24 Å². The molecule has 1 N–H and O–H groups in total. The van der Waals surface area contributed by atoms with Gasteiger partial charge < -0.3 is 14.3 Å². The SMILES string of the molecule is CC(P)c1cccc2cc([C@@H]3c4nc[nH]c4CCN3C(=O)c3ocnc3C3CC3)nn12. The van der Waals surface area contributed by atoms with Crippen molar-refractivity contribution in [1.82, 2.24) is 29.5 Å². The van der Waals surface area contributed by atoms with Crippen LogP contribution in [0.15, 0.2) is 41.4 Å². The number of aromatic nitrogens is 5. The van der Waals surface area contributed by atoms with E-state index in [2.05, 4.69) is 37.2 Å². The van der Waals surface area contributed by atoms with Crippen LogP contribution in [0.3, 0.4) is 0 Å². The summed E-state index contributed by atoms with van der Waals surface area (Å²) in [6, 6.07) is 7.81. The maximum atomic E-state index is 13.6. The Bertz CT molecular complexity index is 1280. The number of nitrogens with one attached hydrogen (secondary N) is 1. The number of rotatable bonds is 4. The first-order valence-corrected chi connectivity index (χ1v) is 11.3. The molecule has 4 aromatic rings. The Morgan fingerprint density at radius 3 is 2.97 bits per heavy atom. The molecule has 5 heterocycles. The molecule has 1 aliphatic heterocycles. The van der Waals surface area contributed by atoms with Gasteiger partial charge in [-0.1, -0.05) is 13.0 Å². The van der Waals surface area contributed by atoms with Crippen molar-refractivity contribution < 1.29 is 9.21 Å². The van der Waals surface area contributed by atoms with E-state index < -0.39 is 0 Å². The number of H-pyrrole nitrogens is 1. The molecule has 6 rings (SSSR count). The summed E-state index contributed by atoms with van der Waals surface area (Å²) in [6.07, 6.45) is 5.91. The molecule has 0 aromatic carbocycles. The van der Waals surface area contributed by atoms with Crippen LogP contribution in [-0.2, 0) is 6.42 Å². The molecule has 9 heteroatoms. The van der Waals surface area contributed by atoms with Gasteiger partial charge in [0.05, 0.1) is 28.9 Å². The van der Waals surface area contributed by atoms with Crippen molar-refractivity contribution in [3.63, 3.8) is 0 Å². The van der Waals surface area contributed by atoms with Crippen molar-refractivity contribution in [3.05, 3.63) is 71.2 Å². The lowest BCUT2D eigenvalue weighted by atomic mass is 9.99. The summed E-state index contributed by atoms with van der Waals surface area (Å²) >= 11 is 0. The maximum Gasteiger partial charge on any atom is 0.292 e. The van der Waals surface area contributed by atoms with Gasteiger partial charge in [0.25, 0.3) is 5.91 Å². The van der Waals surface area contributed by atoms with Crippen LogP contribution < -0.4 is 0 Å². The highest BCUT2D eigenvalue weighted by molar-refractivity contribution is 7.17. The summed E-state index contributed by atoms with van der Waals surface area (Å²) in [5.74, 6) is 0.549. The van der Waals surface area contributed by atoms with E-state index >= 15 is 0 Å². The van der Waals surface area contributed by atoms with Crippen LogP contribution in [0.25, 0.3) is 5.52 Å². The first-order valence-electron chi connectivity index (χ1n) is 10.6. The van der Waals surface area contributed by atoms with Gasteiger partial charge in [0, 0.05) is 35.9 Å². The van der Waals surface area contributed by atoms with Gasteiger partial charge in [-0.3, -0.25) is 4.79 Å². The molecule has 1 aliphatic carbocycles. The van der Waals surface area contributed by atoms with Crippen LogP contribution in [-0.4, -0.2) is 41.9 Å². The number of oxazole rings is 1. The lowest BCUT2D eigenvalue weighted by Gasteiger charge is -2.33. The quantitative estimate of drug-likeness (QED) is 0.495. The fourth-order valence-corrected chi connectivity index (χ4v) is 4.77. The average molecular weight is 434 g/mol. The topological polar surface area (TPSA) is 92.3 Å². The molecule has 31 heavy (non-hydrogen) atoms. The van der Waals surface area contributed by atoms with E-state index in [0.717, 1.165) is 46.8 Å². The molecule has 0 spiro atoms. The average Bonchev–Trinajstić information content (AvgIpc) is 3.19. The predicted octanol–water partition coefficient (Wildman–Crippen LogP) is 3.65. The molecular weight excluding hydrogens is 411 g/mol. The van der Waals surface area contributed by atoms with Crippen LogP contribution in [0.2, 0.25) is 0 Å². The molecule has 0 radical (unpaired) electrons. The normalized spacial score (nSPS) is 19.5. The highest BCUT2D eigenvalue weighted by Crippen LogP contribution is 2.42. The van der Waals surface area contributed by atoms with E-state index in [1.54, 1.807) is 6.33 Å². The molecule has 4 aromatic heterocycles. The van der Waals surface area contributed by atoms with Gasteiger partial charge in [0.1, 0.15) is 6.04 Å². The Morgan fingerprint density at radius 1 is 1.29 bits per heavy atom. The van der Waals surface area contributed by atoms with E-state index in [-0.39, 0.29) is 17.6 Å². The second-order valence-corrected chi connectivity index (χ2v) is 9.40. The molecule has 8 nitrogen and oxygen atoms in total. The maximum absolute atomic E-state index is 13.6. The first kappa shape index (κ1) is 18.8. The fourth-order valence-electron chi connectivity index (χ4n) is 4.52.